The first-order valence-corrected chi connectivity index (χ1v) is 8.44. The second-order valence-electron chi connectivity index (χ2n) is 6.19. The number of H-pyrrole nitrogens is 1. The molecule has 0 bridgehead atoms. The van der Waals surface area contributed by atoms with E-state index >= 15 is 0 Å². The van der Waals surface area contributed by atoms with Crippen molar-refractivity contribution in [3.05, 3.63) is 69.9 Å². The molecule has 0 saturated heterocycles. The predicted octanol–water partition coefficient (Wildman–Crippen LogP) is 1.60. The summed E-state index contributed by atoms with van der Waals surface area (Å²) in [6.07, 6.45) is 1.67. The van der Waals surface area contributed by atoms with Gasteiger partial charge in [-0.05, 0) is 36.8 Å². The molecule has 0 aliphatic heterocycles. The number of carbonyl (C=O) groups excluding carboxylic acids is 1. The van der Waals surface area contributed by atoms with Crippen LogP contribution >= 0.6 is 0 Å². The second-order valence-corrected chi connectivity index (χ2v) is 6.19. The summed E-state index contributed by atoms with van der Waals surface area (Å²) >= 11 is 0. The van der Waals surface area contributed by atoms with Gasteiger partial charge in [-0.15, -0.1) is 0 Å². The smallest absolute Gasteiger partial charge is 0.272 e. The van der Waals surface area contributed by atoms with Gasteiger partial charge in [0, 0.05) is 25.9 Å². The molecule has 3 rings (SSSR count). The third-order valence-corrected chi connectivity index (χ3v) is 4.22. The lowest BCUT2D eigenvalue weighted by atomic mass is 10.0. The number of hydrogen-bond donors (Lipinski definition) is 2. The van der Waals surface area contributed by atoms with E-state index in [4.69, 9.17) is 4.74 Å². The van der Waals surface area contributed by atoms with Crippen LogP contribution in [-0.4, -0.2) is 39.6 Å². The second kappa shape index (κ2) is 7.96. The lowest BCUT2D eigenvalue weighted by molar-refractivity contribution is 0.0892. The first kappa shape index (κ1) is 18.5. The Balaban J connectivity index is 1.88. The fraction of sp³-hybridized carbons (Fsp3) is 0.263. The fourth-order valence-corrected chi connectivity index (χ4v) is 2.88. The third kappa shape index (κ3) is 4.12. The molecule has 0 fully saturated rings. The predicted molar refractivity (Wildman–Crippen MR) is 100 cm³/mol. The number of carbonyl (C=O) groups is 1. The topological polar surface area (TPSA) is 102 Å². The number of aromatic amines is 1. The fourth-order valence-electron chi connectivity index (χ4n) is 2.88. The lowest BCUT2D eigenvalue weighted by Crippen LogP contribution is -2.32. The zero-order valence-electron chi connectivity index (χ0n) is 15.4. The molecule has 0 spiro atoms. The van der Waals surface area contributed by atoms with Gasteiger partial charge in [0.15, 0.2) is 0 Å². The molecule has 2 N–H and O–H groups in total. The Kier molecular flexibility index (Phi) is 5.46. The van der Waals surface area contributed by atoms with Crippen molar-refractivity contribution in [1.82, 2.24) is 25.3 Å². The van der Waals surface area contributed by atoms with Crippen molar-refractivity contribution >= 4 is 5.91 Å². The van der Waals surface area contributed by atoms with Gasteiger partial charge in [0.05, 0.1) is 29.6 Å². The third-order valence-electron chi connectivity index (χ3n) is 4.22. The van der Waals surface area contributed by atoms with Crippen LogP contribution in [0.15, 0.2) is 47.4 Å². The van der Waals surface area contributed by atoms with Crippen LogP contribution in [0.3, 0.4) is 0 Å². The average molecular weight is 367 g/mol. The maximum Gasteiger partial charge on any atom is 0.272 e. The van der Waals surface area contributed by atoms with Crippen LogP contribution in [0, 0.1) is 6.92 Å². The Morgan fingerprint density at radius 2 is 2.15 bits per heavy atom. The van der Waals surface area contributed by atoms with E-state index in [0.29, 0.717) is 29.0 Å². The Morgan fingerprint density at radius 3 is 2.85 bits per heavy atom. The zero-order chi connectivity index (χ0) is 19.4. The van der Waals surface area contributed by atoms with Crippen LogP contribution in [0.2, 0.25) is 0 Å². The largest absolute Gasteiger partial charge is 0.382 e. The standard InChI is InChI=1S/C19H21N5O3/c1-12-9-15(19(26)23-22-12)13-5-4-6-14(10-13)18(25)21-16(11-27-3)17-7-8-20-24(17)2/h4-10,16H,11H2,1-3H3,(H,21,25)(H,23,26). The van der Waals surface area contributed by atoms with Crippen LogP contribution in [0.25, 0.3) is 11.1 Å². The zero-order valence-corrected chi connectivity index (χ0v) is 15.4. The minimum Gasteiger partial charge on any atom is -0.382 e. The van der Waals surface area contributed by atoms with E-state index in [9.17, 15) is 9.59 Å². The molecule has 2 heterocycles. The minimum absolute atomic E-state index is 0.262. The van der Waals surface area contributed by atoms with E-state index in [0.717, 1.165) is 5.69 Å². The molecule has 1 atom stereocenters. The summed E-state index contributed by atoms with van der Waals surface area (Å²) in [5.74, 6) is -0.262. The quantitative estimate of drug-likeness (QED) is 0.689. The normalized spacial score (nSPS) is 12.0. The highest BCUT2D eigenvalue weighted by atomic mass is 16.5. The summed E-state index contributed by atoms with van der Waals surface area (Å²) in [4.78, 5) is 24.8. The van der Waals surface area contributed by atoms with Gasteiger partial charge in [-0.2, -0.15) is 10.2 Å². The SMILES string of the molecule is COCC(NC(=O)c1cccc(-c2cc(C)n[nH]c2=O)c1)c1ccnn1C. The number of hydrogen-bond acceptors (Lipinski definition) is 5. The van der Waals surface area contributed by atoms with Crippen LogP contribution in [0.4, 0.5) is 0 Å². The van der Waals surface area contributed by atoms with E-state index in [1.54, 1.807) is 55.2 Å². The van der Waals surface area contributed by atoms with Gasteiger partial charge in [-0.3, -0.25) is 14.3 Å². The molecule has 1 unspecified atom stereocenters. The number of amides is 1. The summed E-state index contributed by atoms with van der Waals surface area (Å²) in [5.41, 5.74) is 2.80. The number of methoxy groups -OCH3 is 1. The van der Waals surface area contributed by atoms with Gasteiger partial charge >= 0.3 is 0 Å². The van der Waals surface area contributed by atoms with Gasteiger partial charge in [-0.1, -0.05) is 12.1 Å². The summed E-state index contributed by atoms with van der Waals surface area (Å²) in [5, 5.41) is 13.4. The Hall–Kier alpha value is -3.26. The van der Waals surface area contributed by atoms with Crippen LogP contribution < -0.4 is 10.9 Å². The van der Waals surface area contributed by atoms with Gasteiger partial charge in [-0.25, -0.2) is 5.10 Å². The van der Waals surface area contributed by atoms with E-state index in [2.05, 4.69) is 20.6 Å². The van der Waals surface area contributed by atoms with Crippen molar-refractivity contribution in [2.75, 3.05) is 13.7 Å². The van der Waals surface area contributed by atoms with Crippen molar-refractivity contribution in [3.8, 4) is 11.1 Å². The monoisotopic (exact) mass is 367 g/mol. The van der Waals surface area contributed by atoms with Crippen molar-refractivity contribution in [2.24, 2.45) is 7.05 Å². The number of ether oxygens (including phenoxy) is 1. The summed E-state index contributed by atoms with van der Waals surface area (Å²) < 4.78 is 6.93. The molecule has 0 aliphatic carbocycles. The van der Waals surface area contributed by atoms with E-state index in [-0.39, 0.29) is 17.5 Å². The molecule has 0 radical (unpaired) electrons. The van der Waals surface area contributed by atoms with Crippen LogP contribution in [-0.2, 0) is 11.8 Å². The highest BCUT2D eigenvalue weighted by Crippen LogP contribution is 2.18. The Labute approximate surface area is 156 Å². The molecule has 1 aromatic carbocycles. The number of aromatic nitrogens is 4. The molecule has 0 aliphatic rings. The molecule has 27 heavy (non-hydrogen) atoms. The first-order valence-electron chi connectivity index (χ1n) is 8.44. The average Bonchev–Trinajstić information content (AvgIpc) is 3.09. The van der Waals surface area contributed by atoms with Crippen molar-refractivity contribution in [1.29, 1.82) is 0 Å². The molecule has 2 aromatic heterocycles. The van der Waals surface area contributed by atoms with E-state index in [1.807, 2.05) is 13.1 Å². The first-order chi connectivity index (χ1) is 13.0. The van der Waals surface area contributed by atoms with Gasteiger partial charge < -0.3 is 10.1 Å². The molecular weight excluding hydrogens is 346 g/mol. The molecular formula is C19H21N5O3. The molecule has 8 heteroatoms. The Morgan fingerprint density at radius 1 is 1.33 bits per heavy atom. The van der Waals surface area contributed by atoms with Crippen LogP contribution in [0.5, 0.6) is 0 Å². The van der Waals surface area contributed by atoms with Gasteiger partial charge in [0.2, 0.25) is 0 Å². The Bertz CT molecular complexity index is 1010. The van der Waals surface area contributed by atoms with Crippen LogP contribution in [0.1, 0.15) is 27.8 Å². The molecule has 0 saturated carbocycles. The molecule has 3 aromatic rings. The van der Waals surface area contributed by atoms with Crippen molar-refractivity contribution in [2.45, 2.75) is 13.0 Å². The number of nitrogens with one attached hydrogen (secondary N) is 2. The van der Waals surface area contributed by atoms with E-state index < -0.39 is 0 Å². The number of nitrogens with zero attached hydrogens (tertiary/aromatic N) is 3. The highest BCUT2D eigenvalue weighted by Gasteiger charge is 2.19. The summed E-state index contributed by atoms with van der Waals surface area (Å²) in [7, 11) is 3.39. The van der Waals surface area contributed by atoms with Gasteiger partial charge in [0.1, 0.15) is 0 Å². The number of benzene rings is 1. The number of rotatable bonds is 6. The molecule has 1 amide bonds. The van der Waals surface area contributed by atoms with Crippen molar-refractivity contribution < 1.29 is 9.53 Å². The van der Waals surface area contributed by atoms with Gasteiger partial charge in [0.25, 0.3) is 11.5 Å². The maximum atomic E-state index is 12.8. The minimum atomic E-state index is -0.342. The summed E-state index contributed by atoms with van der Waals surface area (Å²) in [6, 6.07) is 10.1. The maximum absolute atomic E-state index is 12.8. The summed E-state index contributed by atoms with van der Waals surface area (Å²) in [6.45, 7) is 2.10. The lowest BCUT2D eigenvalue weighted by Gasteiger charge is -2.18. The molecule has 140 valence electrons. The van der Waals surface area contributed by atoms with Crippen molar-refractivity contribution in [3.63, 3.8) is 0 Å². The highest BCUT2D eigenvalue weighted by molar-refractivity contribution is 5.95. The molecule has 8 nitrogen and oxygen atoms in total. The number of aryl methyl sites for hydroxylation is 2. The van der Waals surface area contributed by atoms with E-state index in [1.165, 1.54) is 0 Å².